The number of nitrogen functional groups attached to an aromatic ring is 1. The van der Waals surface area contributed by atoms with Crippen molar-refractivity contribution in [3.63, 3.8) is 0 Å². The summed E-state index contributed by atoms with van der Waals surface area (Å²) in [5.41, 5.74) is 5.42. The fourth-order valence-corrected chi connectivity index (χ4v) is 1.32. The first-order valence-electron chi connectivity index (χ1n) is 4.24. The van der Waals surface area contributed by atoms with E-state index in [1.165, 1.54) is 13.8 Å². The van der Waals surface area contributed by atoms with E-state index in [0.29, 0.717) is 0 Å². The number of hydrogen-bond donors (Lipinski definition) is 3. The third-order valence-electron chi connectivity index (χ3n) is 1.76. The van der Waals surface area contributed by atoms with E-state index in [1.807, 2.05) is 0 Å². The largest absolute Gasteiger partial charge is 0.381 e. The maximum absolute atomic E-state index is 9.43. The van der Waals surface area contributed by atoms with Crippen molar-refractivity contribution in [2.24, 2.45) is 0 Å². The van der Waals surface area contributed by atoms with Crippen molar-refractivity contribution in [2.75, 3.05) is 10.6 Å². The van der Waals surface area contributed by atoms with E-state index in [-0.39, 0.29) is 16.7 Å². The molecular weight excluding hydrogens is 222 g/mol. The van der Waals surface area contributed by atoms with Gasteiger partial charge in [-0.1, -0.05) is 11.6 Å². The van der Waals surface area contributed by atoms with Gasteiger partial charge in [0, 0.05) is 0 Å². The first kappa shape index (κ1) is 11.9. The number of anilines is 2. The average Bonchev–Trinajstić information content (AvgIpc) is 2.11. The molecule has 0 aliphatic heterocycles. The van der Waals surface area contributed by atoms with Crippen LogP contribution in [0.15, 0.2) is 0 Å². The molecule has 1 rings (SSSR count). The van der Waals surface area contributed by atoms with Gasteiger partial charge in [0.2, 0.25) is 0 Å². The zero-order chi connectivity index (χ0) is 11.6. The van der Waals surface area contributed by atoms with E-state index >= 15 is 0 Å². The molecule has 1 aromatic heterocycles. The normalized spacial score (nSPS) is 14.7. The van der Waals surface area contributed by atoms with Crippen LogP contribution in [0, 0.1) is 0 Å². The van der Waals surface area contributed by atoms with Gasteiger partial charge < -0.3 is 20.8 Å². The molecule has 0 aromatic carbocycles. The van der Waals surface area contributed by atoms with Crippen LogP contribution >= 0.6 is 11.6 Å². The molecular formula is C7H12ClN5O2. The third kappa shape index (κ3) is 2.44. The first-order chi connectivity index (χ1) is 6.95. The maximum Gasteiger partial charge on any atom is 0.179 e. The summed E-state index contributed by atoms with van der Waals surface area (Å²) in [5, 5.41) is 29.3. The highest BCUT2D eigenvalue weighted by Crippen LogP contribution is 2.28. The Hall–Kier alpha value is -1.18. The highest BCUT2D eigenvalue weighted by atomic mass is 35.5. The Labute approximate surface area is 91.5 Å². The molecule has 0 amide bonds. The smallest absolute Gasteiger partial charge is 0.179 e. The van der Waals surface area contributed by atoms with Crippen LogP contribution in [0.2, 0.25) is 5.02 Å². The molecule has 2 atom stereocenters. The molecule has 0 fully saturated rings. The lowest BCUT2D eigenvalue weighted by molar-refractivity contribution is 0.103. The second kappa shape index (κ2) is 4.56. The zero-order valence-electron chi connectivity index (χ0n) is 8.29. The van der Waals surface area contributed by atoms with Crippen molar-refractivity contribution in [2.45, 2.75) is 26.3 Å². The summed E-state index contributed by atoms with van der Waals surface area (Å²) in [6, 6.07) is 0. The van der Waals surface area contributed by atoms with Crippen LogP contribution in [0.5, 0.6) is 0 Å². The van der Waals surface area contributed by atoms with Gasteiger partial charge in [-0.05, 0) is 19.1 Å². The highest BCUT2D eigenvalue weighted by molar-refractivity contribution is 6.35. The van der Waals surface area contributed by atoms with E-state index in [9.17, 15) is 10.2 Å². The lowest BCUT2D eigenvalue weighted by Gasteiger charge is -2.29. The molecule has 4 N–H and O–H groups in total. The molecule has 0 bridgehead atoms. The van der Waals surface area contributed by atoms with Crippen molar-refractivity contribution >= 4 is 23.2 Å². The Kier molecular flexibility index (Phi) is 3.61. The van der Waals surface area contributed by atoms with E-state index in [1.54, 1.807) is 0 Å². The summed E-state index contributed by atoms with van der Waals surface area (Å²) in [5.74, 6) is 0.0853. The average molecular weight is 234 g/mol. The lowest BCUT2D eigenvalue weighted by atomic mass is 10.4. The fraction of sp³-hybridized carbons (Fsp3) is 0.571. The molecule has 15 heavy (non-hydrogen) atoms. The van der Waals surface area contributed by atoms with Crippen LogP contribution < -0.4 is 10.6 Å². The Balaban J connectivity index is 3.17. The molecule has 0 saturated carbocycles. The minimum Gasteiger partial charge on any atom is -0.381 e. The minimum absolute atomic E-state index is 0.00651. The molecule has 1 heterocycles. The number of halogens is 1. The first-order valence-corrected chi connectivity index (χ1v) is 4.61. The quantitative estimate of drug-likeness (QED) is 0.609. The molecule has 84 valence electrons. The standard InChI is InChI=1S/C7H12ClN5O2/c1-3(14)13(4(2)15)7-5(8)6(9)10-12-11-7/h3-4,14-15H,1-2H3,(H2,9,10,11). The predicted octanol–water partition coefficient (Wildman–Crippen LogP) is -0.410. The van der Waals surface area contributed by atoms with Gasteiger partial charge in [0.1, 0.15) is 17.5 Å². The number of nitrogens with zero attached hydrogens (tertiary/aromatic N) is 4. The van der Waals surface area contributed by atoms with Gasteiger partial charge in [0.15, 0.2) is 11.6 Å². The van der Waals surface area contributed by atoms with Crippen molar-refractivity contribution in [1.82, 2.24) is 15.4 Å². The van der Waals surface area contributed by atoms with Crippen LogP contribution in [0.3, 0.4) is 0 Å². The number of nitrogens with two attached hydrogens (primary N) is 1. The zero-order valence-corrected chi connectivity index (χ0v) is 9.05. The molecule has 8 heteroatoms. The van der Waals surface area contributed by atoms with E-state index in [2.05, 4.69) is 15.4 Å². The Morgan fingerprint density at radius 1 is 1.27 bits per heavy atom. The summed E-state index contributed by atoms with van der Waals surface area (Å²) in [7, 11) is 0. The van der Waals surface area contributed by atoms with Gasteiger partial charge in [-0.2, -0.15) is 0 Å². The molecule has 0 aliphatic carbocycles. The molecule has 1 aromatic rings. The predicted molar refractivity (Wildman–Crippen MR) is 55.1 cm³/mol. The summed E-state index contributed by atoms with van der Waals surface area (Å²) >= 11 is 5.82. The van der Waals surface area contributed by atoms with Crippen molar-refractivity contribution in [1.29, 1.82) is 0 Å². The molecule has 0 aliphatic rings. The number of rotatable bonds is 3. The van der Waals surface area contributed by atoms with Crippen LogP contribution in [0.1, 0.15) is 13.8 Å². The third-order valence-corrected chi connectivity index (χ3v) is 2.13. The monoisotopic (exact) mass is 233 g/mol. The number of aliphatic hydroxyl groups is 2. The maximum atomic E-state index is 9.43. The van der Waals surface area contributed by atoms with E-state index in [0.717, 1.165) is 4.90 Å². The van der Waals surface area contributed by atoms with Gasteiger partial charge >= 0.3 is 0 Å². The topological polar surface area (TPSA) is 108 Å². The van der Waals surface area contributed by atoms with Crippen LogP contribution in [0.4, 0.5) is 11.6 Å². The summed E-state index contributed by atoms with van der Waals surface area (Å²) in [4.78, 5) is 1.16. The second-order valence-corrected chi connectivity index (χ2v) is 3.36. The van der Waals surface area contributed by atoms with Crippen molar-refractivity contribution in [3.05, 3.63) is 5.02 Å². The summed E-state index contributed by atoms with van der Waals surface area (Å²) in [6.07, 6.45) is -1.95. The van der Waals surface area contributed by atoms with E-state index in [4.69, 9.17) is 17.3 Å². The van der Waals surface area contributed by atoms with Crippen molar-refractivity contribution in [3.8, 4) is 0 Å². The van der Waals surface area contributed by atoms with Crippen molar-refractivity contribution < 1.29 is 10.2 Å². The minimum atomic E-state index is -0.974. The Bertz CT molecular complexity index is 338. The van der Waals surface area contributed by atoms with Gasteiger partial charge in [-0.25, -0.2) is 0 Å². The lowest BCUT2D eigenvalue weighted by Crippen LogP contribution is -2.41. The summed E-state index contributed by atoms with van der Waals surface area (Å²) in [6.45, 7) is 2.92. The molecule has 0 radical (unpaired) electrons. The SMILES string of the molecule is CC(O)N(c1nnnc(N)c1Cl)C(C)O. The fourth-order valence-electron chi connectivity index (χ4n) is 1.15. The Morgan fingerprint density at radius 2 is 1.80 bits per heavy atom. The van der Waals surface area contributed by atoms with Crippen LogP contribution in [-0.4, -0.2) is 38.1 Å². The van der Waals surface area contributed by atoms with Gasteiger partial charge in [-0.3, -0.25) is 0 Å². The molecule has 7 nitrogen and oxygen atoms in total. The van der Waals surface area contributed by atoms with Crippen LogP contribution in [0.25, 0.3) is 0 Å². The molecule has 0 saturated heterocycles. The number of aliphatic hydroxyl groups excluding tert-OH is 2. The highest BCUT2D eigenvalue weighted by Gasteiger charge is 2.23. The number of aromatic nitrogens is 3. The van der Waals surface area contributed by atoms with E-state index < -0.39 is 12.5 Å². The van der Waals surface area contributed by atoms with Gasteiger partial charge in [0.05, 0.1) is 0 Å². The molecule has 0 spiro atoms. The second-order valence-electron chi connectivity index (χ2n) is 2.98. The summed E-state index contributed by atoms with van der Waals surface area (Å²) < 4.78 is 0. The van der Waals surface area contributed by atoms with Gasteiger partial charge in [0.25, 0.3) is 0 Å². The van der Waals surface area contributed by atoms with Gasteiger partial charge in [-0.15, -0.1) is 10.2 Å². The Morgan fingerprint density at radius 3 is 2.27 bits per heavy atom. The molecule has 2 unspecified atom stereocenters. The number of hydrogen-bond acceptors (Lipinski definition) is 7. The van der Waals surface area contributed by atoms with Crippen LogP contribution in [-0.2, 0) is 0 Å².